The number of rotatable bonds is 5. The van der Waals surface area contributed by atoms with Crippen molar-refractivity contribution in [2.24, 2.45) is 0 Å². The fourth-order valence-electron chi connectivity index (χ4n) is 3.35. The van der Waals surface area contributed by atoms with E-state index in [2.05, 4.69) is 4.98 Å². The number of nitrogens with zero attached hydrogens (tertiary/aromatic N) is 3. The average molecular weight is 383 g/mol. The highest BCUT2D eigenvalue weighted by Gasteiger charge is 2.38. The predicted molar refractivity (Wildman–Crippen MR) is 95.6 cm³/mol. The normalized spacial score (nSPS) is 22.2. The second kappa shape index (κ2) is 8.32. The molecule has 144 valence electrons. The summed E-state index contributed by atoms with van der Waals surface area (Å²) in [5.41, 5.74) is 0.235. The highest BCUT2D eigenvalue weighted by molar-refractivity contribution is 7.89. The Morgan fingerprint density at radius 1 is 1.35 bits per heavy atom. The van der Waals surface area contributed by atoms with Crippen LogP contribution in [0.3, 0.4) is 0 Å². The van der Waals surface area contributed by atoms with Gasteiger partial charge in [0.1, 0.15) is 0 Å². The molecule has 8 nitrogen and oxygen atoms in total. The maximum Gasteiger partial charge on any atom is 0.276 e. The van der Waals surface area contributed by atoms with Gasteiger partial charge in [-0.15, -0.1) is 0 Å². The zero-order chi connectivity index (χ0) is 18.6. The highest BCUT2D eigenvalue weighted by Crippen LogP contribution is 2.24. The van der Waals surface area contributed by atoms with Gasteiger partial charge in [-0.3, -0.25) is 4.79 Å². The molecule has 0 aliphatic carbocycles. The lowest BCUT2D eigenvalue weighted by Crippen LogP contribution is -2.52. The first kappa shape index (κ1) is 19.1. The molecule has 9 heteroatoms. The van der Waals surface area contributed by atoms with E-state index in [1.807, 2.05) is 6.92 Å². The number of ether oxygens (including phenoxy) is 2. The minimum absolute atomic E-state index is 0.181. The second-order valence-corrected chi connectivity index (χ2v) is 8.57. The van der Waals surface area contributed by atoms with Gasteiger partial charge in [0.25, 0.3) is 5.91 Å². The largest absolute Gasteiger partial charge is 0.491 e. The summed E-state index contributed by atoms with van der Waals surface area (Å²) in [6.45, 7) is 4.56. The summed E-state index contributed by atoms with van der Waals surface area (Å²) in [5, 5.41) is -0.586. The Bertz CT molecular complexity index is 734. The molecule has 3 rings (SSSR count). The van der Waals surface area contributed by atoms with Crippen molar-refractivity contribution < 1.29 is 22.7 Å². The van der Waals surface area contributed by atoms with Gasteiger partial charge in [0, 0.05) is 32.4 Å². The number of likely N-dealkylation sites (tertiary alicyclic amines) is 1. The van der Waals surface area contributed by atoms with Crippen molar-refractivity contribution in [3.8, 4) is 5.75 Å². The minimum Gasteiger partial charge on any atom is -0.491 e. The molecule has 2 saturated heterocycles. The molecule has 3 heterocycles. The molecule has 0 aromatic carbocycles. The van der Waals surface area contributed by atoms with E-state index in [4.69, 9.17) is 9.47 Å². The maximum absolute atomic E-state index is 12.9. The van der Waals surface area contributed by atoms with Crippen LogP contribution in [0, 0.1) is 0 Å². The zero-order valence-corrected chi connectivity index (χ0v) is 15.8. The first-order chi connectivity index (χ1) is 12.5. The minimum atomic E-state index is -3.45. The number of hydrogen-bond acceptors (Lipinski definition) is 6. The first-order valence-electron chi connectivity index (χ1n) is 8.98. The Morgan fingerprint density at radius 3 is 2.85 bits per heavy atom. The summed E-state index contributed by atoms with van der Waals surface area (Å²) in [6.07, 6.45) is 2.75. The van der Waals surface area contributed by atoms with E-state index >= 15 is 0 Å². The Morgan fingerprint density at radius 2 is 2.12 bits per heavy atom. The number of aromatic nitrogens is 1. The number of amides is 1. The van der Waals surface area contributed by atoms with Crippen LogP contribution in [0.25, 0.3) is 0 Å². The molecular formula is C17H25N3O5S. The smallest absolute Gasteiger partial charge is 0.276 e. The van der Waals surface area contributed by atoms with Crippen molar-refractivity contribution in [1.29, 1.82) is 0 Å². The van der Waals surface area contributed by atoms with Crippen LogP contribution in [0.2, 0.25) is 0 Å². The Kier molecular flexibility index (Phi) is 6.10. The van der Waals surface area contributed by atoms with Crippen LogP contribution in [0.1, 0.15) is 30.3 Å². The lowest BCUT2D eigenvalue weighted by molar-refractivity contribution is 0.0680. The number of hydrogen-bond donors (Lipinski definition) is 0. The summed E-state index contributed by atoms with van der Waals surface area (Å²) >= 11 is 0. The number of morpholine rings is 1. The van der Waals surface area contributed by atoms with Gasteiger partial charge in [0.05, 0.1) is 25.1 Å². The van der Waals surface area contributed by atoms with Crippen LogP contribution in [-0.4, -0.2) is 79.8 Å². The van der Waals surface area contributed by atoms with Crippen molar-refractivity contribution in [2.45, 2.75) is 25.0 Å². The number of sulfonamides is 1. The van der Waals surface area contributed by atoms with E-state index in [0.717, 1.165) is 0 Å². The summed E-state index contributed by atoms with van der Waals surface area (Å²) < 4.78 is 38.0. The number of carbonyl (C=O) groups excluding carboxylic acids is 1. The molecule has 1 atom stereocenters. The van der Waals surface area contributed by atoms with E-state index in [1.165, 1.54) is 4.31 Å². The van der Waals surface area contributed by atoms with Crippen LogP contribution in [-0.2, 0) is 14.8 Å². The van der Waals surface area contributed by atoms with E-state index in [0.29, 0.717) is 58.0 Å². The first-order valence-corrected chi connectivity index (χ1v) is 10.5. The van der Waals surface area contributed by atoms with Gasteiger partial charge >= 0.3 is 0 Å². The zero-order valence-electron chi connectivity index (χ0n) is 15.0. The van der Waals surface area contributed by atoms with Gasteiger partial charge in [-0.25, -0.2) is 13.4 Å². The van der Waals surface area contributed by atoms with Crippen molar-refractivity contribution >= 4 is 15.9 Å². The van der Waals surface area contributed by atoms with Crippen LogP contribution in [0.15, 0.2) is 18.3 Å². The maximum atomic E-state index is 12.9. The molecule has 0 saturated carbocycles. The molecular weight excluding hydrogens is 358 g/mol. The summed E-state index contributed by atoms with van der Waals surface area (Å²) in [6, 6.07) is 3.42. The van der Waals surface area contributed by atoms with Gasteiger partial charge < -0.3 is 14.4 Å². The van der Waals surface area contributed by atoms with Gasteiger partial charge in [-0.05, 0) is 31.9 Å². The highest BCUT2D eigenvalue weighted by atomic mass is 32.2. The summed E-state index contributed by atoms with van der Waals surface area (Å²) in [7, 11) is -3.45. The van der Waals surface area contributed by atoms with Crippen molar-refractivity contribution in [3.05, 3.63) is 24.0 Å². The number of piperidine rings is 1. The van der Waals surface area contributed by atoms with E-state index in [-0.39, 0.29) is 18.1 Å². The van der Waals surface area contributed by atoms with Crippen LogP contribution >= 0.6 is 0 Å². The molecule has 0 unspecified atom stereocenters. The quantitative estimate of drug-likeness (QED) is 0.745. The Labute approximate surface area is 154 Å². The van der Waals surface area contributed by atoms with Crippen LogP contribution in [0.5, 0.6) is 5.75 Å². The molecule has 0 N–H and O–H groups in total. The number of carbonyl (C=O) groups is 1. The molecule has 0 spiro atoms. The topological polar surface area (TPSA) is 89.0 Å². The van der Waals surface area contributed by atoms with Crippen molar-refractivity contribution in [2.75, 3.05) is 46.0 Å². The summed E-state index contributed by atoms with van der Waals surface area (Å²) in [5.74, 6) is 0.147. The molecule has 2 aliphatic heterocycles. The molecule has 1 aromatic rings. The van der Waals surface area contributed by atoms with Gasteiger partial charge in [-0.2, -0.15) is 4.31 Å². The Hall–Kier alpha value is -1.71. The molecule has 0 bridgehead atoms. The van der Waals surface area contributed by atoms with E-state index in [9.17, 15) is 13.2 Å². The molecule has 2 fully saturated rings. The third-order valence-corrected chi connectivity index (χ3v) is 7.00. The molecule has 1 aromatic heterocycles. The summed E-state index contributed by atoms with van der Waals surface area (Å²) in [4.78, 5) is 18.6. The van der Waals surface area contributed by atoms with Crippen molar-refractivity contribution in [3.63, 3.8) is 0 Å². The fraction of sp³-hybridized carbons (Fsp3) is 0.647. The third-order valence-electron chi connectivity index (χ3n) is 4.69. The number of pyridine rings is 1. The van der Waals surface area contributed by atoms with Gasteiger partial charge in [-0.1, -0.05) is 0 Å². The third kappa shape index (κ3) is 3.99. The monoisotopic (exact) mass is 383 g/mol. The Balaban J connectivity index is 1.75. The lowest BCUT2D eigenvalue weighted by atomic mass is 10.1. The SMILES string of the molecule is CCOc1cccnc1C(=O)N1CCC[C@H](S(=O)(=O)N2CCOCC2)C1. The molecule has 26 heavy (non-hydrogen) atoms. The molecule has 1 amide bonds. The van der Waals surface area contributed by atoms with E-state index in [1.54, 1.807) is 23.2 Å². The average Bonchev–Trinajstić information content (AvgIpc) is 2.69. The molecule has 0 radical (unpaired) electrons. The lowest BCUT2D eigenvalue weighted by Gasteiger charge is -2.36. The second-order valence-electron chi connectivity index (χ2n) is 6.35. The fourth-order valence-corrected chi connectivity index (χ4v) is 5.26. The molecule has 2 aliphatic rings. The van der Waals surface area contributed by atoms with Crippen LogP contribution < -0.4 is 4.74 Å². The van der Waals surface area contributed by atoms with Crippen LogP contribution in [0.4, 0.5) is 0 Å². The van der Waals surface area contributed by atoms with Gasteiger partial charge in [0.15, 0.2) is 11.4 Å². The standard InChI is InChI=1S/C17H25N3O5S/c1-2-25-15-6-3-7-18-16(15)17(21)19-8-4-5-14(13-19)26(22,23)20-9-11-24-12-10-20/h3,6-7,14H,2,4-5,8-13H2,1H3/t14-/m0/s1. The predicted octanol–water partition coefficient (Wildman–Crippen LogP) is 0.747. The van der Waals surface area contributed by atoms with E-state index < -0.39 is 15.3 Å². The van der Waals surface area contributed by atoms with Crippen molar-refractivity contribution in [1.82, 2.24) is 14.2 Å². The van der Waals surface area contributed by atoms with Gasteiger partial charge in [0.2, 0.25) is 10.0 Å².